The molecule has 6 nitrogen and oxygen atoms in total. The summed E-state index contributed by atoms with van der Waals surface area (Å²) in [5.41, 5.74) is 7.00. The summed E-state index contributed by atoms with van der Waals surface area (Å²) in [7, 11) is 0. The Hall–Kier alpha value is -1.51. The Morgan fingerprint density at radius 2 is 1.71 bits per heavy atom. The lowest BCUT2D eigenvalue weighted by atomic mass is 10.1. The summed E-state index contributed by atoms with van der Waals surface area (Å²) in [5.74, 6) is 0.131. The van der Waals surface area contributed by atoms with E-state index in [0.29, 0.717) is 10.9 Å². The van der Waals surface area contributed by atoms with Gasteiger partial charge in [0.25, 0.3) is 5.56 Å². The standard InChI is InChI=1S/C14H12N4OS.3ClH.H2O/c1-8-2-3-10-11(13(19)18-14(15)17-10)12(8)20-9-4-6-16-7-5-9;;;;/h2-7H,1H3,(H3,15,17,18,19);3*1H;1H2. The molecule has 2 heterocycles. The molecular weight excluding hydrogens is 395 g/mol. The van der Waals surface area contributed by atoms with Crippen molar-refractivity contribution in [3.63, 3.8) is 0 Å². The monoisotopic (exact) mass is 410 g/mol. The van der Waals surface area contributed by atoms with Crippen molar-refractivity contribution in [1.29, 1.82) is 0 Å². The van der Waals surface area contributed by atoms with Crippen molar-refractivity contribution in [1.82, 2.24) is 15.0 Å². The number of pyridine rings is 1. The van der Waals surface area contributed by atoms with Gasteiger partial charge in [-0.1, -0.05) is 17.8 Å². The first-order valence-corrected chi connectivity index (χ1v) is 6.84. The van der Waals surface area contributed by atoms with E-state index < -0.39 is 0 Å². The Bertz CT molecular complexity index is 847. The molecular formula is C14H17Cl3N4O2S. The minimum atomic E-state index is -0.215. The molecule has 24 heavy (non-hydrogen) atoms. The molecule has 0 radical (unpaired) electrons. The first-order chi connectivity index (χ1) is 9.65. The van der Waals surface area contributed by atoms with E-state index in [1.807, 2.05) is 31.2 Å². The molecule has 2 aromatic heterocycles. The van der Waals surface area contributed by atoms with Crippen LogP contribution in [-0.2, 0) is 0 Å². The molecule has 3 rings (SSSR count). The van der Waals surface area contributed by atoms with Crippen LogP contribution in [0.3, 0.4) is 0 Å². The first kappa shape index (κ1) is 24.7. The highest BCUT2D eigenvalue weighted by Crippen LogP contribution is 2.33. The Morgan fingerprint density at radius 1 is 1.08 bits per heavy atom. The van der Waals surface area contributed by atoms with Crippen LogP contribution in [0.15, 0.2) is 51.2 Å². The highest BCUT2D eigenvalue weighted by atomic mass is 35.5. The number of benzene rings is 1. The van der Waals surface area contributed by atoms with Crippen LogP contribution in [-0.4, -0.2) is 20.4 Å². The highest BCUT2D eigenvalue weighted by molar-refractivity contribution is 7.99. The van der Waals surface area contributed by atoms with Gasteiger partial charge in [-0.3, -0.25) is 14.8 Å². The van der Waals surface area contributed by atoms with E-state index in [2.05, 4.69) is 15.0 Å². The van der Waals surface area contributed by atoms with Crippen molar-refractivity contribution in [2.45, 2.75) is 16.7 Å². The summed E-state index contributed by atoms with van der Waals surface area (Å²) in [6.45, 7) is 1.97. The number of fused-ring (bicyclic) bond motifs is 1. The molecule has 0 saturated carbocycles. The van der Waals surface area contributed by atoms with Gasteiger partial charge in [0.2, 0.25) is 5.95 Å². The lowest BCUT2D eigenvalue weighted by Crippen LogP contribution is -2.12. The largest absolute Gasteiger partial charge is 0.412 e. The van der Waals surface area contributed by atoms with E-state index >= 15 is 0 Å². The fourth-order valence-electron chi connectivity index (χ4n) is 1.98. The average Bonchev–Trinajstić information content (AvgIpc) is 2.43. The van der Waals surface area contributed by atoms with Gasteiger partial charge >= 0.3 is 0 Å². The molecule has 0 aliphatic rings. The molecule has 0 aliphatic heterocycles. The van der Waals surface area contributed by atoms with Gasteiger partial charge in [-0.15, -0.1) is 37.2 Å². The van der Waals surface area contributed by atoms with Crippen LogP contribution in [0.4, 0.5) is 5.95 Å². The first-order valence-electron chi connectivity index (χ1n) is 6.02. The maximum absolute atomic E-state index is 12.2. The van der Waals surface area contributed by atoms with E-state index in [9.17, 15) is 4.79 Å². The fraction of sp³-hybridized carbons (Fsp3) is 0.0714. The lowest BCUT2D eigenvalue weighted by Gasteiger charge is -2.09. The number of nitrogens with one attached hydrogen (secondary N) is 1. The zero-order valence-corrected chi connectivity index (χ0v) is 15.7. The maximum atomic E-state index is 12.2. The molecule has 0 fully saturated rings. The molecule has 0 aliphatic carbocycles. The number of H-pyrrole nitrogens is 1. The van der Waals surface area contributed by atoms with Crippen LogP contribution in [0, 0.1) is 6.92 Å². The van der Waals surface area contributed by atoms with Gasteiger partial charge in [0.1, 0.15) is 0 Å². The number of aromatic nitrogens is 3. The summed E-state index contributed by atoms with van der Waals surface area (Å²) in [5, 5.41) is 0.570. The molecule has 0 unspecified atom stereocenters. The van der Waals surface area contributed by atoms with Crippen LogP contribution in [0.5, 0.6) is 0 Å². The van der Waals surface area contributed by atoms with Crippen molar-refractivity contribution in [2.24, 2.45) is 0 Å². The van der Waals surface area contributed by atoms with E-state index in [4.69, 9.17) is 5.73 Å². The molecule has 5 N–H and O–H groups in total. The minimum Gasteiger partial charge on any atom is -0.412 e. The van der Waals surface area contributed by atoms with Gasteiger partial charge in [0.05, 0.1) is 10.9 Å². The summed E-state index contributed by atoms with van der Waals surface area (Å²) >= 11 is 1.52. The second-order valence-electron chi connectivity index (χ2n) is 4.34. The summed E-state index contributed by atoms with van der Waals surface area (Å²) in [4.78, 5) is 24.8. The van der Waals surface area contributed by atoms with E-state index in [1.165, 1.54) is 11.8 Å². The summed E-state index contributed by atoms with van der Waals surface area (Å²) in [6, 6.07) is 7.56. The van der Waals surface area contributed by atoms with E-state index in [0.717, 1.165) is 15.4 Å². The van der Waals surface area contributed by atoms with Crippen molar-refractivity contribution in [3.8, 4) is 0 Å². The third-order valence-electron chi connectivity index (χ3n) is 2.91. The van der Waals surface area contributed by atoms with Gasteiger partial charge in [-0.2, -0.15) is 0 Å². The number of nitrogens with zero attached hydrogens (tertiary/aromatic N) is 2. The predicted molar refractivity (Wildman–Crippen MR) is 105 cm³/mol. The fourth-order valence-corrected chi connectivity index (χ4v) is 3.00. The van der Waals surface area contributed by atoms with E-state index in [-0.39, 0.29) is 54.2 Å². The van der Waals surface area contributed by atoms with Crippen LogP contribution in [0.1, 0.15) is 5.56 Å². The van der Waals surface area contributed by atoms with Crippen LogP contribution < -0.4 is 11.3 Å². The van der Waals surface area contributed by atoms with Gasteiger partial charge in [0, 0.05) is 22.2 Å². The minimum absolute atomic E-state index is 0. The zero-order valence-electron chi connectivity index (χ0n) is 12.5. The second kappa shape index (κ2) is 10.4. The zero-order chi connectivity index (χ0) is 14.1. The Morgan fingerprint density at radius 3 is 2.33 bits per heavy atom. The van der Waals surface area contributed by atoms with Crippen molar-refractivity contribution in [3.05, 3.63) is 52.6 Å². The van der Waals surface area contributed by atoms with Gasteiger partial charge in [-0.25, -0.2) is 4.98 Å². The van der Waals surface area contributed by atoms with Crippen LogP contribution in [0.2, 0.25) is 0 Å². The number of nitrogens with two attached hydrogens (primary N) is 1. The van der Waals surface area contributed by atoms with Crippen molar-refractivity contribution < 1.29 is 5.48 Å². The third-order valence-corrected chi connectivity index (χ3v) is 4.15. The molecule has 0 atom stereocenters. The number of aromatic amines is 1. The number of aryl methyl sites for hydroxylation is 1. The lowest BCUT2D eigenvalue weighted by molar-refractivity contribution is 0.824. The Balaban J connectivity index is 0. The summed E-state index contributed by atoms with van der Waals surface area (Å²) in [6.07, 6.45) is 3.45. The summed E-state index contributed by atoms with van der Waals surface area (Å²) < 4.78 is 0. The maximum Gasteiger partial charge on any atom is 0.261 e. The normalized spacial score (nSPS) is 9.04. The number of halogens is 3. The molecule has 10 heteroatoms. The second-order valence-corrected chi connectivity index (χ2v) is 5.43. The SMILES string of the molecule is Cc1ccc2nc(N)[nH]c(=O)c2c1Sc1ccncc1.Cl.Cl.Cl.O. The molecule has 0 spiro atoms. The topological polar surface area (TPSA) is 116 Å². The number of anilines is 1. The van der Waals surface area contributed by atoms with Gasteiger partial charge in [-0.05, 0) is 30.7 Å². The average molecular weight is 412 g/mol. The number of nitrogen functional groups attached to an aromatic ring is 1. The molecule has 3 aromatic rings. The molecule has 1 aromatic carbocycles. The molecule has 0 saturated heterocycles. The Kier molecular flexibility index (Phi) is 10.7. The van der Waals surface area contributed by atoms with Crippen LogP contribution in [0.25, 0.3) is 10.9 Å². The van der Waals surface area contributed by atoms with Gasteiger partial charge in [0.15, 0.2) is 0 Å². The third kappa shape index (κ3) is 4.99. The number of hydrogen-bond acceptors (Lipinski definition) is 5. The van der Waals surface area contributed by atoms with Gasteiger partial charge < -0.3 is 11.2 Å². The number of rotatable bonds is 2. The Labute approximate surface area is 161 Å². The number of hydrogen-bond donors (Lipinski definition) is 2. The van der Waals surface area contributed by atoms with E-state index in [1.54, 1.807) is 12.4 Å². The van der Waals surface area contributed by atoms with Crippen LogP contribution >= 0.6 is 49.0 Å². The quantitative estimate of drug-likeness (QED) is 0.672. The van der Waals surface area contributed by atoms with Crippen molar-refractivity contribution >= 4 is 65.8 Å². The molecule has 132 valence electrons. The predicted octanol–water partition coefficient (Wildman–Crippen LogP) is 2.80. The van der Waals surface area contributed by atoms with Crippen molar-refractivity contribution in [2.75, 3.05) is 5.73 Å². The molecule has 0 amide bonds. The molecule has 0 bridgehead atoms. The highest BCUT2D eigenvalue weighted by Gasteiger charge is 2.11. The smallest absolute Gasteiger partial charge is 0.261 e.